The molecule has 2 rings (SSSR count). The van der Waals surface area contributed by atoms with Crippen LogP contribution in [-0.4, -0.2) is 12.5 Å². The zero-order valence-electron chi connectivity index (χ0n) is 12.0. The van der Waals surface area contributed by atoms with Crippen molar-refractivity contribution >= 4 is 16.9 Å². The molecule has 2 aromatic rings. The van der Waals surface area contributed by atoms with Crippen molar-refractivity contribution in [1.82, 2.24) is 5.32 Å². The number of halogens is 1. The average molecular weight is 277 g/mol. The fourth-order valence-electron chi connectivity index (χ4n) is 1.92. The zero-order chi connectivity index (χ0) is 14.7. The van der Waals surface area contributed by atoms with Crippen LogP contribution in [0.2, 0.25) is 0 Å². The minimum Gasteiger partial charge on any atom is -0.459 e. The zero-order valence-corrected chi connectivity index (χ0v) is 12.0. The van der Waals surface area contributed by atoms with Gasteiger partial charge in [-0.2, -0.15) is 0 Å². The Hall–Kier alpha value is -2.04. The number of nitrogens with zero attached hydrogens (tertiary/aromatic N) is 1. The molecule has 0 unspecified atom stereocenters. The molecule has 5 heteroatoms. The summed E-state index contributed by atoms with van der Waals surface area (Å²) in [5, 5.41) is 3.82. The molecule has 1 aromatic heterocycles. The number of benzene rings is 1. The van der Waals surface area contributed by atoms with E-state index in [1.807, 2.05) is 6.92 Å². The molecule has 20 heavy (non-hydrogen) atoms. The lowest BCUT2D eigenvalue weighted by molar-refractivity contribution is 0.547. The highest BCUT2D eigenvalue weighted by molar-refractivity contribution is 5.82. The van der Waals surface area contributed by atoms with Crippen molar-refractivity contribution in [2.45, 2.75) is 27.3 Å². The van der Waals surface area contributed by atoms with Gasteiger partial charge in [0.2, 0.25) is 0 Å². The third-order valence-electron chi connectivity index (χ3n) is 3.08. The van der Waals surface area contributed by atoms with E-state index in [-0.39, 0.29) is 5.82 Å². The van der Waals surface area contributed by atoms with Crippen LogP contribution in [0.4, 0.5) is 4.39 Å². The molecule has 0 atom stereocenters. The highest BCUT2D eigenvalue weighted by Gasteiger charge is 2.10. The van der Waals surface area contributed by atoms with Crippen LogP contribution in [0.1, 0.15) is 25.2 Å². The van der Waals surface area contributed by atoms with Gasteiger partial charge in [-0.3, -0.25) is 0 Å². The Labute approximate surface area is 117 Å². The molecule has 108 valence electrons. The van der Waals surface area contributed by atoms with Crippen LogP contribution >= 0.6 is 0 Å². The number of aryl methyl sites for hydroxylation is 1. The van der Waals surface area contributed by atoms with Gasteiger partial charge in [0, 0.05) is 17.5 Å². The third kappa shape index (κ3) is 3.29. The maximum atomic E-state index is 13.2. The Balaban J connectivity index is 2.14. The number of furan rings is 1. The van der Waals surface area contributed by atoms with Gasteiger partial charge < -0.3 is 15.5 Å². The molecule has 1 heterocycles. The molecule has 0 bridgehead atoms. The second-order valence-corrected chi connectivity index (χ2v) is 5.27. The van der Waals surface area contributed by atoms with Crippen molar-refractivity contribution in [1.29, 1.82) is 0 Å². The van der Waals surface area contributed by atoms with Crippen molar-refractivity contribution in [2.24, 2.45) is 16.6 Å². The predicted molar refractivity (Wildman–Crippen MR) is 79.1 cm³/mol. The van der Waals surface area contributed by atoms with Gasteiger partial charge in [0.15, 0.2) is 5.96 Å². The monoisotopic (exact) mass is 277 g/mol. The summed E-state index contributed by atoms with van der Waals surface area (Å²) in [6.07, 6.45) is 0. The van der Waals surface area contributed by atoms with Crippen LogP contribution in [0.25, 0.3) is 11.0 Å². The summed E-state index contributed by atoms with van der Waals surface area (Å²) in [7, 11) is 0. The Morgan fingerprint density at radius 2 is 2.20 bits per heavy atom. The van der Waals surface area contributed by atoms with Crippen molar-refractivity contribution < 1.29 is 8.81 Å². The molecule has 0 aliphatic carbocycles. The SMILES string of the molecule is Cc1c(CN=C(N)NCC(C)C)oc2ccc(F)cc12. The quantitative estimate of drug-likeness (QED) is 0.667. The second-order valence-electron chi connectivity index (χ2n) is 5.27. The number of aliphatic imine (C=N–C) groups is 1. The number of nitrogens with two attached hydrogens (primary N) is 1. The number of hydrogen-bond acceptors (Lipinski definition) is 2. The van der Waals surface area contributed by atoms with E-state index < -0.39 is 0 Å². The number of fused-ring (bicyclic) bond motifs is 1. The van der Waals surface area contributed by atoms with Crippen molar-refractivity contribution in [3.63, 3.8) is 0 Å². The summed E-state index contributed by atoms with van der Waals surface area (Å²) >= 11 is 0. The van der Waals surface area contributed by atoms with Gasteiger partial charge in [-0.05, 0) is 31.0 Å². The predicted octanol–water partition coefficient (Wildman–Crippen LogP) is 2.94. The lowest BCUT2D eigenvalue weighted by Gasteiger charge is -2.07. The lowest BCUT2D eigenvalue weighted by Crippen LogP contribution is -2.34. The Morgan fingerprint density at radius 1 is 1.45 bits per heavy atom. The van der Waals surface area contributed by atoms with Gasteiger partial charge in [0.05, 0.1) is 0 Å². The first-order valence-electron chi connectivity index (χ1n) is 6.68. The summed E-state index contributed by atoms with van der Waals surface area (Å²) in [6, 6.07) is 4.49. The molecular weight excluding hydrogens is 257 g/mol. The lowest BCUT2D eigenvalue weighted by atomic mass is 10.1. The highest BCUT2D eigenvalue weighted by Crippen LogP contribution is 2.26. The maximum Gasteiger partial charge on any atom is 0.189 e. The summed E-state index contributed by atoms with van der Waals surface area (Å²) in [6.45, 7) is 7.21. The minimum atomic E-state index is -0.269. The molecule has 3 N–H and O–H groups in total. The summed E-state index contributed by atoms with van der Waals surface area (Å²) < 4.78 is 18.9. The number of nitrogens with one attached hydrogen (secondary N) is 1. The Bertz CT molecular complexity index is 631. The Kier molecular flexibility index (Phi) is 4.27. The van der Waals surface area contributed by atoms with Crippen molar-refractivity contribution in [2.75, 3.05) is 6.54 Å². The minimum absolute atomic E-state index is 0.269. The molecule has 1 aromatic carbocycles. The van der Waals surface area contributed by atoms with Crippen molar-refractivity contribution in [3.05, 3.63) is 35.3 Å². The van der Waals surface area contributed by atoms with Crippen LogP contribution in [0.15, 0.2) is 27.6 Å². The first-order valence-corrected chi connectivity index (χ1v) is 6.68. The molecule has 0 spiro atoms. The van der Waals surface area contributed by atoms with E-state index >= 15 is 0 Å². The van der Waals surface area contributed by atoms with Crippen molar-refractivity contribution in [3.8, 4) is 0 Å². The third-order valence-corrected chi connectivity index (χ3v) is 3.08. The maximum absolute atomic E-state index is 13.2. The number of rotatable bonds is 4. The molecule has 0 amide bonds. The van der Waals surface area contributed by atoms with Gasteiger partial charge in [-0.25, -0.2) is 9.38 Å². The van der Waals surface area contributed by atoms with E-state index in [0.717, 1.165) is 17.5 Å². The molecule has 4 nitrogen and oxygen atoms in total. The van der Waals surface area contributed by atoms with E-state index in [4.69, 9.17) is 10.2 Å². The van der Waals surface area contributed by atoms with Gasteiger partial charge in [0.1, 0.15) is 23.7 Å². The summed E-state index contributed by atoms with van der Waals surface area (Å²) in [4.78, 5) is 4.24. The topological polar surface area (TPSA) is 63.5 Å². The van der Waals surface area contributed by atoms with Crippen LogP contribution in [0.3, 0.4) is 0 Å². The van der Waals surface area contributed by atoms with Gasteiger partial charge in [-0.1, -0.05) is 13.8 Å². The van der Waals surface area contributed by atoms with E-state index in [1.165, 1.54) is 12.1 Å². The normalized spacial score (nSPS) is 12.3. The molecule has 0 radical (unpaired) electrons. The fraction of sp³-hybridized carbons (Fsp3) is 0.400. The summed E-state index contributed by atoms with van der Waals surface area (Å²) in [5.41, 5.74) is 7.35. The van der Waals surface area contributed by atoms with E-state index in [1.54, 1.807) is 6.07 Å². The highest BCUT2D eigenvalue weighted by atomic mass is 19.1. The Morgan fingerprint density at radius 3 is 2.90 bits per heavy atom. The van der Waals surface area contributed by atoms with Gasteiger partial charge >= 0.3 is 0 Å². The second kappa shape index (κ2) is 5.94. The van der Waals surface area contributed by atoms with E-state index in [0.29, 0.717) is 29.8 Å². The fourth-order valence-corrected chi connectivity index (χ4v) is 1.92. The molecule has 0 saturated carbocycles. The first-order chi connectivity index (χ1) is 9.47. The number of hydrogen-bond donors (Lipinski definition) is 2. The molecule has 0 fully saturated rings. The van der Waals surface area contributed by atoms with Gasteiger partial charge in [0.25, 0.3) is 0 Å². The van der Waals surface area contributed by atoms with Crippen LogP contribution in [0, 0.1) is 18.7 Å². The molecule has 0 saturated heterocycles. The average Bonchev–Trinajstić information content (AvgIpc) is 2.71. The first kappa shape index (κ1) is 14.4. The van der Waals surface area contributed by atoms with Crippen LogP contribution in [0.5, 0.6) is 0 Å². The van der Waals surface area contributed by atoms with Gasteiger partial charge in [-0.15, -0.1) is 0 Å². The number of guanidine groups is 1. The standard InChI is InChI=1S/C15H20FN3O/c1-9(2)7-18-15(17)19-8-14-10(3)12-6-11(16)4-5-13(12)20-14/h4-6,9H,7-8H2,1-3H3,(H3,17,18,19). The smallest absolute Gasteiger partial charge is 0.189 e. The van der Waals surface area contributed by atoms with Crippen LogP contribution < -0.4 is 11.1 Å². The molecule has 0 aliphatic rings. The largest absolute Gasteiger partial charge is 0.459 e. The molecule has 0 aliphatic heterocycles. The van der Waals surface area contributed by atoms with Crippen LogP contribution in [-0.2, 0) is 6.54 Å². The van der Waals surface area contributed by atoms with E-state index in [2.05, 4.69) is 24.2 Å². The summed E-state index contributed by atoms with van der Waals surface area (Å²) in [5.74, 6) is 1.33. The molecular formula is C15H20FN3O. The van der Waals surface area contributed by atoms with E-state index in [9.17, 15) is 4.39 Å².